The van der Waals surface area contributed by atoms with Crippen LogP contribution in [0.3, 0.4) is 0 Å². The molecule has 2 aromatic rings. The highest BCUT2D eigenvalue weighted by molar-refractivity contribution is 7.99. The lowest BCUT2D eigenvalue weighted by atomic mass is 10.2. The SMILES string of the molecule is N#Cc1cccc(Sc2ccc(C#N)nn2)c1. The Balaban J connectivity index is 2.20. The monoisotopic (exact) mass is 238 g/mol. The molecule has 2 rings (SSSR count). The van der Waals surface area contributed by atoms with E-state index >= 15 is 0 Å². The van der Waals surface area contributed by atoms with Crippen molar-refractivity contribution < 1.29 is 0 Å². The minimum atomic E-state index is 0.292. The van der Waals surface area contributed by atoms with Gasteiger partial charge in [-0.15, -0.1) is 10.2 Å². The van der Waals surface area contributed by atoms with Crippen LogP contribution in [0.1, 0.15) is 11.3 Å². The minimum absolute atomic E-state index is 0.292. The third-order valence-corrected chi connectivity index (χ3v) is 2.86. The molecule has 17 heavy (non-hydrogen) atoms. The molecule has 0 atom stereocenters. The van der Waals surface area contributed by atoms with Gasteiger partial charge in [-0.25, -0.2) is 0 Å². The zero-order chi connectivity index (χ0) is 12.1. The van der Waals surface area contributed by atoms with Crippen molar-refractivity contribution in [1.29, 1.82) is 10.5 Å². The minimum Gasteiger partial charge on any atom is -0.192 e. The summed E-state index contributed by atoms with van der Waals surface area (Å²) in [6, 6.07) is 14.6. The van der Waals surface area contributed by atoms with Crippen LogP contribution in [0.15, 0.2) is 46.3 Å². The number of benzene rings is 1. The lowest BCUT2D eigenvalue weighted by molar-refractivity contribution is 0.915. The van der Waals surface area contributed by atoms with E-state index < -0.39 is 0 Å². The summed E-state index contributed by atoms with van der Waals surface area (Å²) < 4.78 is 0. The van der Waals surface area contributed by atoms with Gasteiger partial charge in [0.1, 0.15) is 11.1 Å². The van der Waals surface area contributed by atoms with Crippen LogP contribution in [0.25, 0.3) is 0 Å². The molecule has 1 aromatic carbocycles. The van der Waals surface area contributed by atoms with Gasteiger partial charge in [-0.05, 0) is 30.3 Å². The van der Waals surface area contributed by atoms with Crippen molar-refractivity contribution in [3.05, 3.63) is 47.7 Å². The molecule has 0 bridgehead atoms. The Morgan fingerprint density at radius 2 is 1.88 bits per heavy atom. The van der Waals surface area contributed by atoms with E-state index in [1.54, 1.807) is 24.3 Å². The maximum absolute atomic E-state index is 8.77. The molecule has 0 saturated carbocycles. The van der Waals surface area contributed by atoms with Crippen molar-refractivity contribution in [2.75, 3.05) is 0 Å². The first-order valence-electron chi connectivity index (χ1n) is 4.73. The predicted octanol–water partition coefficient (Wildman–Crippen LogP) is 2.37. The number of nitrogens with zero attached hydrogens (tertiary/aromatic N) is 4. The van der Waals surface area contributed by atoms with Crippen LogP contribution in [-0.2, 0) is 0 Å². The molecule has 4 nitrogen and oxygen atoms in total. The highest BCUT2D eigenvalue weighted by Gasteiger charge is 2.01. The van der Waals surface area contributed by atoms with Gasteiger partial charge in [0.25, 0.3) is 0 Å². The first-order chi connectivity index (χ1) is 8.31. The van der Waals surface area contributed by atoms with Gasteiger partial charge in [-0.1, -0.05) is 17.8 Å². The van der Waals surface area contributed by atoms with E-state index in [0.717, 1.165) is 4.90 Å². The second-order valence-electron chi connectivity index (χ2n) is 3.11. The molecule has 80 valence electrons. The van der Waals surface area contributed by atoms with E-state index in [2.05, 4.69) is 16.3 Å². The van der Waals surface area contributed by atoms with Crippen molar-refractivity contribution in [3.63, 3.8) is 0 Å². The molecule has 0 radical (unpaired) electrons. The van der Waals surface area contributed by atoms with Gasteiger partial charge in [-0.3, -0.25) is 0 Å². The van der Waals surface area contributed by atoms with Gasteiger partial charge in [0.15, 0.2) is 5.69 Å². The zero-order valence-corrected chi connectivity index (χ0v) is 9.48. The molecule has 0 aliphatic carbocycles. The van der Waals surface area contributed by atoms with Crippen molar-refractivity contribution >= 4 is 11.8 Å². The van der Waals surface area contributed by atoms with Crippen molar-refractivity contribution in [2.24, 2.45) is 0 Å². The molecule has 5 heteroatoms. The fraction of sp³-hybridized carbons (Fsp3) is 0. The Kier molecular flexibility index (Phi) is 3.34. The van der Waals surface area contributed by atoms with Crippen LogP contribution in [-0.4, -0.2) is 10.2 Å². The van der Waals surface area contributed by atoms with Gasteiger partial charge in [0.05, 0.1) is 11.6 Å². The second-order valence-corrected chi connectivity index (χ2v) is 4.20. The second kappa shape index (κ2) is 5.11. The van der Waals surface area contributed by atoms with Crippen LogP contribution in [0.4, 0.5) is 0 Å². The number of hydrogen-bond donors (Lipinski definition) is 0. The average molecular weight is 238 g/mol. The van der Waals surface area contributed by atoms with Gasteiger partial charge < -0.3 is 0 Å². The highest BCUT2D eigenvalue weighted by Crippen LogP contribution is 2.25. The molecule has 0 amide bonds. The first kappa shape index (κ1) is 11.1. The standard InChI is InChI=1S/C12H6N4S/c13-7-9-2-1-3-11(6-9)17-12-5-4-10(8-14)15-16-12/h1-6H. The van der Waals surface area contributed by atoms with E-state index in [0.29, 0.717) is 16.3 Å². The summed E-state index contributed by atoms with van der Waals surface area (Å²) in [6.45, 7) is 0. The summed E-state index contributed by atoms with van der Waals surface area (Å²) >= 11 is 1.40. The third-order valence-electron chi connectivity index (χ3n) is 1.94. The summed E-state index contributed by atoms with van der Waals surface area (Å²) in [5, 5.41) is 25.7. The molecule has 0 spiro atoms. The predicted molar refractivity (Wildman–Crippen MR) is 62.0 cm³/mol. The topological polar surface area (TPSA) is 73.4 Å². The normalized spacial score (nSPS) is 9.29. The first-order valence-corrected chi connectivity index (χ1v) is 5.55. The lowest BCUT2D eigenvalue weighted by Gasteiger charge is -1.99. The maximum atomic E-state index is 8.77. The lowest BCUT2D eigenvalue weighted by Crippen LogP contribution is -1.88. The Morgan fingerprint density at radius 3 is 2.53 bits per heavy atom. The molecular formula is C12H6N4S. The van der Waals surface area contributed by atoms with Crippen molar-refractivity contribution in [1.82, 2.24) is 10.2 Å². The number of nitriles is 2. The quantitative estimate of drug-likeness (QED) is 0.803. The average Bonchev–Trinajstić information content (AvgIpc) is 2.40. The number of hydrogen-bond acceptors (Lipinski definition) is 5. The maximum Gasteiger partial charge on any atom is 0.163 e. The van der Waals surface area contributed by atoms with Crippen molar-refractivity contribution in [3.8, 4) is 12.1 Å². The Hall–Kier alpha value is -2.37. The molecule has 0 aliphatic heterocycles. The summed E-state index contributed by atoms with van der Waals surface area (Å²) in [5.41, 5.74) is 0.900. The Labute approximate surface area is 103 Å². The van der Waals surface area contributed by atoms with E-state index in [1.807, 2.05) is 18.2 Å². The smallest absolute Gasteiger partial charge is 0.163 e. The van der Waals surface area contributed by atoms with Gasteiger partial charge in [0, 0.05) is 4.90 Å². The third kappa shape index (κ3) is 2.81. The summed E-state index contributed by atoms with van der Waals surface area (Å²) in [6.07, 6.45) is 0. The number of rotatable bonds is 2. The van der Waals surface area contributed by atoms with E-state index in [-0.39, 0.29) is 0 Å². The summed E-state index contributed by atoms with van der Waals surface area (Å²) in [4.78, 5) is 0.919. The molecule has 0 unspecified atom stereocenters. The summed E-state index contributed by atoms with van der Waals surface area (Å²) in [7, 11) is 0. The molecule has 0 N–H and O–H groups in total. The largest absolute Gasteiger partial charge is 0.192 e. The van der Waals surface area contributed by atoms with E-state index in [1.165, 1.54) is 11.8 Å². The fourth-order valence-corrected chi connectivity index (χ4v) is 1.98. The fourth-order valence-electron chi connectivity index (χ4n) is 1.18. The van der Waals surface area contributed by atoms with Gasteiger partial charge in [0.2, 0.25) is 0 Å². The molecule has 0 aliphatic rings. The summed E-state index contributed by atoms with van der Waals surface area (Å²) in [5.74, 6) is 0. The number of aromatic nitrogens is 2. The zero-order valence-electron chi connectivity index (χ0n) is 8.66. The highest BCUT2D eigenvalue weighted by atomic mass is 32.2. The van der Waals surface area contributed by atoms with Crippen LogP contribution in [0, 0.1) is 22.7 Å². The van der Waals surface area contributed by atoms with Crippen molar-refractivity contribution in [2.45, 2.75) is 9.92 Å². The molecule has 0 saturated heterocycles. The van der Waals surface area contributed by atoms with Gasteiger partial charge >= 0.3 is 0 Å². The van der Waals surface area contributed by atoms with Crippen LogP contribution >= 0.6 is 11.8 Å². The van der Waals surface area contributed by atoms with E-state index in [9.17, 15) is 0 Å². The molecule has 1 aromatic heterocycles. The molecular weight excluding hydrogens is 232 g/mol. The van der Waals surface area contributed by atoms with Crippen LogP contribution < -0.4 is 0 Å². The molecule has 1 heterocycles. The Bertz CT molecular complexity index is 608. The van der Waals surface area contributed by atoms with Gasteiger partial charge in [-0.2, -0.15) is 10.5 Å². The van der Waals surface area contributed by atoms with E-state index in [4.69, 9.17) is 10.5 Å². The van der Waals surface area contributed by atoms with Crippen LogP contribution in [0.5, 0.6) is 0 Å². The van der Waals surface area contributed by atoms with Crippen LogP contribution in [0.2, 0.25) is 0 Å². The molecule has 0 fully saturated rings. The Morgan fingerprint density at radius 1 is 1.00 bits per heavy atom.